The van der Waals surface area contributed by atoms with Gasteiger partial charge in [0, 0.05) is 19.6 Å². The Kier molecular flexibility index (Phi) is 10.0. The zero-order chi connectivity index (χ0) is 10.6. The van der Waals surface area contributed by atoms with Crippen LogP contribution in [0.2, 0.25) is 0 Å². The summed E-state index contributed by atoms with van der Waals surface area (Å²) in [5, 5.41) is 0. The first kappa shape index (κ1) is 13.4. The van der Waals surface area contributed by atoms with Gasteiger partial charge in [-0.3, -0.25) is 0 Å². The van der Waals surface area contributed by atoms with Gasteiger partial charge < -0.3 is 9.47 Å². The van der Waals surface area contributed by atoms with Crippen LogP contribution >= 0.6 is 0 Å². The Morgan fingerprint density at radius 3 is 2.00 bits per heavy atom. The van der Waals surface area contributed by atoms with E-state index in [1.54, 1.807) is 0 Å². The lowest BCUT2D eigenvalue weighted by atomic mass is 10.3. The van der Waals surface area contributed by atoms with Crippen LogP contribution < -0.4 is 0 Å². The van der Waals surface area contributed by atoms with E-state index in [1.165, 1.54) is 0 Å². The first-order valence-electron chi connectivity index (χ1n) is 5.39. The molecule has 0 radical (unpaired) electrons. The molecule has 0 aromatic rings. The lowest BCUT2D eigenvalue weighted by molar-refractivity contribution is -0.133. The van der Waals surface area contributed by atoms with E-state index in [9.17, 15) is 0 Å². The molecule has 2 nitrogen and oxygen atoms in total. The van der Waals surface area contributed by atoms with Crippen molar-refractivity contribution < 1.29 is 9.47 Å². The van der Waals surface area contributed by atoms with Crippen LogP contribution in [0.5, 0.6) is 0 Å². The summed E-state index contributed by atoms with van der Waals surface area (Å²) < 4.78 is 10.8. The van der Waals surface area contributed by atoms with Crippen LogP contribution in [0.15, 0.2) is 24.3 Å². The summed E-state index contributed by atoms with van der Waals surface area (Å²) in [5.41, 5.74) is 0. The van der Waals surface area contributed by atoms with E-state index in [4.69, 9.17) is 9.47 Å². The summed E-state index contributed by atoms with van der Waals surface area (Å²) in [5.74, 6) is 0. The fraction of sp³-hybridized carbons (Fsp3) is 0.667. The van der Waals surface area contributed by atoms with E-state index in [2.05, 4.69) is 25.2 Å². The maximum Gasteiger partial charge on any atom is 0.160 e. The highest BCUT2D eigenvalue weighted by atomic mass is 16.7. The second-order valence-corrected chi connectivity index (χ2v) is 2.84. The Bertz CT molecular complexity index is 156. The smallest absolute Gasteiger partial charge is 0.160 e. The topological polar surface area (TPSA) is 18.5 Å². The molecule has 0 aliphatic heterocycles. The van der Waals surface area contributed by atoms with Gasteiger partial charge in [0.05, 0.1) is 0 Å². The van der Waals surface area contributed by atoms with Gasteiger partial charge in [-0.25, -0.2) is 0 Å². The molecule has 0 fully saturated rings. The Morgan fingerprint density at radius 1 is 0.929 bits per heavy atom. The van der Waals surface area contributed by atoms with Gasteiger partial charge in [0.25, 0.3) is 0 Å². The molecule has 0 aromatic carbocycles. The molecular formula is C12H22O2. The van der Waals surface area contributed by atoms with E-state index < -0.39 is 0 Å². The van der Waals surface area contributed by atoms with Crippen molar-refractivity contribution in [3.63, 3.8) is 0 Å². The van der Waals surface area contributed by atoms with Crippen molar-refractivity contribution in [2.45, 2.75) is 39.9 Å². The Morgan fingerprint density at radius 2 is 1.50 bits per heavy atom. The standard InChI is InChI=1S/C12H22O2/c1-4-7-8-9-10-11-12(13-5-2)14-6-3/h7-10,12H,4-6,11H2,1-3H3. The summed E-state index contributed by atoms with van der Waals surface area (Å²) in [6.45, 7) is 7.47. The molecule has 0 aliphatic rings. The molecule has 0 aromatic heterocycles. The second-order valence-electron chi connectivity index (χ2n) is 2.84. The maximum absolute atomic E-state index is 5.39. The van der Waals surface area contributed by atoms with Gasteiger partial charge >= 0.3 is 0 Å². The number of ether oxygens (including phenoxy) is 2. The van der Waals surface area contributed by atoms with E-state index >= 15 is 0 Å². The fourth-order valence-electron chi connectivity index (χ4n) is 1.04. The predicted octanol–water partition coefficient (Wildman–Crippen LogP) is 3.30. The van der Waals surface area contributed by atoms with Gasteiger partial charge in [0.15, 0.2) is 6.29 Å². The minimum atomic E-state index is -0.0868. The summed E-state index contributed by atoms with van der Waals surface area (Å²) in [6.07, 6.45) is 10.1. The van der Waals surface area contributed by atoms with Crippen molar-refractivity contribution in [2.24, 2.45) is 0 Å². The third kappa shape index (κ3) is 8.02. The van der Waals surface area contributed by atoms with Gasteiger partial charge in [-0.2, -0.15) is 0 Å². The van der Waals surface area contributed by atoms with Crippen LogP contribution in [0.4, 0.5) is 0 Å². The molecule has 0 heterocycles. The molecule has 2 heteroatoms. The molecule has 0 saturated heterocycles. The summed E-state index contributed by atoms with van der Waals surface area (Å²) in [7, 11) is 0. The van der Waals surface area contributed by atoms with Crippen molar-refractivity contribution in [1.29, 1.82) is 0 Å². The Labute approximate surface area is 87.6 Å². The van der Waals surface area contributed by atoms with Crippen molar-refractivity contribution in [1.82, 2.24) is 0 Å². The highest BCUT2D eigenvalue weighted by molar-refractivity contribution is 5.02. The molecule has 0 atom stereocenters. The van der Waals surface area contributed by atoms with Gasteiger partial charge in [-0.05, 0) is 20.3 Å². The molecule has 0 aliphatic carbocycles. The normalized spacial score (nSPS) is 12.3. The lowest BCUT2D eigenvalue weighted by Crippen LogP contribution is -2.16. The zero-order valence-corrected chi connectivity index (χ0v) is 9.53. The summed E-state index contributed by atoms with van der Waals surface area (Å²) in [6, 6.07) is 0. The highest BCUT2D eigenvalue weighted by Crippen LogP contribution is 2.02. The molecule has 0 bridgehead atoms. The fourth-order valence-corrected chi connectivity index (χ4v) is 1.04. The molecule has 0 rings (SSSR count). The lowest BCUT2D eigenvalue weighted by Gasteiger charge is -2.14. The minimum absolute atomic E-state index is 0.0868. The van der Waals surface area contributed by atoms with E-state index in [-0.39, 0.29) is 6.29 Å². The van der Waals surface area contributed by atoms with Gasteiger partial charge in [0.1, 0.15) is 0 Å². The molecule has 0 spiro atoms. The number of hydrogen-bond donors (Lipinski definition) is 0. The van der Waals surface area contributed by atoms with Crippen molar-refractivity contribution >= 4 is 0 Å². The third-order valence-corrected chi connectivity index (χ3v) is 1.65. The van der Waals surface area contributed by atoms with Crippen molar-refractivity contribution in [3.8, 4) is 0 Å². The van der Waals surface area contributed by atoms with Crippen LogP contribution in [0.3, 0.4) is 0 Å². The molecule has 0 unspecified atom stereocenters. The van der Waals surface area contributed by atoms with Crippen LogP contribution in [-0.2, 0) is 9.47 Å². The first-order valence-corrected chi connectivity index (χ1v) is 5.39. The summed E-state index contributed by atoms with van der Waals surface area (Å²) >= 11 is 0. The second kappa shape index (κ2) is 10.5. The first-order chi connectivity index (χ1) is 6.85. The molecule has 0 saturated carbocycles. The average Bonchev–Trinajstić information content (AvgIpc) is 2.18. The molecule has 0 N–H and O–H groups in total. The maximum atomic E-state index is 5.39. The highest BCUT2D eigenvalue weighted by Gasteiger charge is 2.03. The van der Waals surface area contributed by atoms with E-state index in [1.807, 2.05) is 19.9 Å². The number of rotatable bonds is 8. The van der Waals surface area contributed by atoms with E-state index in [0.717, 1.165) is 12.8 Å². The average molecular weight is 198 g/mol. The summed E-state index contributed by atoms with van der Waals surface area (Å²) in [4.78, 5) is 0. The number of allylic oxidation sites excluding steroid dienone is 3. The van der Waals surface area contributed by atoms with Crippen LogP contribution in [-0.4, -0.2) is 19.5 Å². The molecule has 0 amide bonds. The van der Waals surface area contributed by atoms with Crippen molar-refractivity contribution in [3.05, 3.63) is 24.3 Å². The minimum Gasteiger partial charge on any atom is -0.353 e. The molecule has 14 heavy (non-hydrogen) atoms. The molecule has 82 valence electrons. The van der Waals surface area contributed by atoms with Gasteiger partial charge in [-0.1, -0.05) is 31.2 Å². The Balaban J connectivity index is 3.68. The third-order valence-electron chi connectivity index (χ3n) is 1.65. The quantitative estimate of drug-likeness (QED) is 0.440. The van der Waals surface area contributed by atoms with E-state index in [0.29, 0.717) is 13.2 Å². The number of hydrogen-bond acceptors (Lipinski definition) is 2. The van der Waals surface area contributed by atoms with Crippen LogP contribution in [0.25, 0.3) is 0 Å². The predicted molar refractivity (Wildman–Crippen MR) is 60.2 cm³/mol. The van der Waals surface area contributed by atoms with Crippen molar-refractivity contribution in [2.75, 3.05) is 13.2 Å². The monoisotopic (exact) mass is 198 g/mol. The largest absolute Gasteiger partial charge is 0.353 e. The molecular weight excluding hydrogens is 176 g/mol. The van der Waals surface area contributed by atoms with Gasteiger partial charge in [0.2, 0.25) is 0 Å². The van der Waals surface area contributed by atoms with Gasteiger partial charge in [-0.15, -0.1) is 0 Å². The zero-order valence-electron chi connectivity index (χ0n) is 9.53. The SMILES string of the molecule is CCC=CC=CCC(OCC)OCC. The Hall–Kier alpha value is -0.600. The van der Waals surface area contributed by atoms with Crippen LogP contribution in [0.1, 0.15) is 33.6 Å². The van der Waals surface area contributed by atoms with Crippen LogP contribution in [0, 0.1) is 0 Å².